The van der Waals surface area contributed by atoms with Crippen molar-refractivity contribution in [2.45, 2.75) is 18.0 Å². The van der Waals surface area contributed by atoms with Gasteiger partial charge in [0.05, 0.1) is 12.0 Å². The number of hydrogen-bond donors (Lipinski definition) is 2. The lowest BCUT2D eigenvalue weighted by molar-refractivity contribution is 0.414. The van der Waals surface area contributed by atoms with Gasteiger partial charge in [-0.05, 0) is 35.4 Å². The van der Waals surface area contributed by atoms with Gasteiger partial charge >= 0.3 is 0 Å². The van der Waals surface area contributed by atoms with Crippen molar-refractivity contribution in [2.24, 2.45) is 4.99 Å². The average Bonchev–Trinajstić information content (AvgIpc) is 2.68. The van der Waals surface area contributed by atoms with Crippen molar-refractivity contribution in [3.8, 4) is 5.75 Å². The first-order valence-corrected chi connectivity index (χ1v) is 9.89. The zero-order chi connectivity index (χ0) is 19.9. The minimum absolute atomic E-state index is 0.276. The molecule has 7 nitrogen and oxygen atoms in total. The molecule has 0 spiro atoms. The molecule has 0 unspecified atom stereocenters. The van der Waals surface area contributed by atoms with E-state index in [1.54, 1.807) is 38.4 Å². The van der Waals surface area contributed by atoms with Crippen LogP contribution in [0.4, 0.5) is 0 Å². The monoisotopic (exact) mass is 390 g/mol. The number of sulfonamides is 1. The van der Waals surface area contributed by atoms with Gasteiger partial charge in [-0.25, -0.2) is 12.7 Å². The topological polar surface area (TPSA) is 83.0 Å². The Morgan fingerprint density at radius 3 is 1.85 bits per heavy atom. The van der Waals surface area contributed by atoms with Gasteiger partial charge < -0.3 is 15.4 Å². The van der Waals surface area contributed by atoms with Crippen molar-refractivity contribution < 1.29 is 13.2 Å². The summed E-state index contributed by atoms with van der Waals surface area (Å²) in [4.78, 5) is 4.48. The van der Waals surface area contributed by atoms with Crippen LogP contribution in [0.1, 0.15) is 11.1 Å². The first kappa shape index (κ1) is 20.7. The zero-order valence-corrected chi connectivity index (χ0v) is 16.9. The molecule has 27 heavy (non-hydrogen) atoms. The second kappa shape index (κ2) is 9.38. The largest absolute Gasteiger partial charge is 0.497 e. The third kappa shape index (κ3) is 5.70. The molecule has 0 saturated carbocycles. The number of nitrogens with zero attached hydrogens (tertiary/aromatic N) is 2. The molecular weight excluding hydrogens is 364 g/mol. The molecule has 0 aliphatic rings. The fourth-order valence-electron chi connectivity index (χ4n) is 2.33. The van der Waals surface area contributed by atoms with Gasteiger partial charge in [0.15, 0.2) is 5.96 Å². The van der Waals surface area contributed by atoms with E-state index < -0.39 is 10.0 Å². The lowest BCUT2D eigenvalue weighted by Crippen LogP contribution is -2.36. The second-order valence-corrected chi connectivity index (χ2v) is 8.21. The normalized spacial score (nSPS) is 12.1. The number of nitrogens with one attached hydrogen (secondary N) is 2. The maximum Gasteiger partial charge on any atom is 0.242 e. The van der Waals surface area contributed by atoms with Crippen LogP contribution in [-0.2, 0) is 23.1 Å². The lowest BCUT2D eigenvalue weighted by atomic mass is 10.2. The van der Waals surface area contributed by atoms with E-state index in [-0.39, 0.29) is 4.90 Å². The van der Waals surface area contributed by atoms with Gasteiger partial charge in [-0.15, -0.1) is 0 Å². The van der Waals surface area contributed by atoms with Gasteiger partial charge in [0, 0.05) is 34.2 Å². The zero-order valence-electron chi connectivity index (χ0n) is 16.1. The predicted molar refractivity (Wildman–Crippen MR) is 107 cm³/mol. The molecule has 0 heterocycles. The summed E-state index contributed by atoms with van der Waals surface area (Å²) >= 11 is 0. The minimum Gasteiger partial charge on any atom is -0.497 e. The van der Waals surface area contributed by atoms with E-state index in [1.165, 1.54) is 18.4 Å². The highest BCUT2D eigenvalue weighted by atomic mass is 32.2. The van der Waals surface area contributed by atoms with E-state index >= 15 is 0 Å². The van der Waals surface area contributed by atoms with Gasteiger partial charge in [-0.2, -0.15) is 0 Å². The Kier molecular flexibility index (Phi) is 7.20. The number of rotatable bonds is 7. The summed E-state index contributed by atoms with van der Waals surface area (Å²) < 4.78 is 30.5. The second-order valence-electron chi connectivity index (χ2n) is 6.06. The van der Waals surface area contributed by atoms with E-state index in [0.717, 1.165) is 16.9 Å². The van der Waals surface area contributed by atoms with Crippen LogP contribution in [-0.4, -0.2) is 46.9 Å². The summed E-state index contributed by atoms with van der Waals surface area (Å²) in [6.07, 6.45) is 0. The highest BCUT2D eigenvalue weighted by Gasteiger charge is 2.16. The number of hydrogen-bond acceptors (Lipinski definition) is 4. The maximum atomic E-state index is 12.1. The Morgan fingerprint density at radius 1 is 0.963 bits per heavy atom. The highest BCUT2D eigenvalue weighted by molar-refractivity contribution is 7.89. The highest BCUT2D eigenvalue weighted by Crippen LogP contribution is 2.14. The van der Waals surface area contributed by atoms with Crippen molar-refractivity contribution in [2.75, 3.05) is 28.3 Å². The first-order valence-electron chi connectivity index (χ1n) is 8.45. The molecular formula is C19H26N4O3S. The summed E-state index contributed by atoms with van der Waals surface area (Å²) in [5.74, 6) is 1.48. The molecule has 0 aromatic heterocycles. The number of aliphatic imine (C=N–C) groups is 1. The molecule has 0 aliphatic heterocycles. The van der Waals surface area contributed by atoms with Gasteiger partial charge in [0.1, 0.15) is 5.75 Å². The van der Waals surface area contributed by atoms with Gasteiger partial charge in [-0.3, -0.25) is 4.99 Å². The van der Waals surface area contributed by atoms with Crippen LogP contribution in [0.5, 0.6) is 5.75 Å². The third-order valence-electron chi connectivity index (χ3n) is 4.00. The SMILES string of the molecule is CN=C(NCc1ccc(OC)cc1)NCc1ccc(S(=O)(=O)N(C)C)cc1. The van der Waals surface area contributed by atoms with E-state index in [4.69, 9.17) is 4.74 Å². The van der Waals surface area contributed by atoms with E-state index in [0.29, 0.717) is 19.0 Å². The fourth-order valence-corrected chi connectivity index (χ4v) is 3.23. The molecule has 2 aromatic carbocycles. The van der Waals surface area contributed by atoms with E-state index in [2.05, 4.69) is 15.6 Å². The number of ether oxygens (including phenoxy) is 1. The van der Waals surface area contributed by atoms with Gasteiger partial charge in [-0.1, -0.05) is 24.3 Å². The van der Waals surface area contributed by atoms with Crippen molar-refractivity contribution in [1.29, 1.82) is 0 Å². The van der Waals surface area contributed by atoms with Crippen LogP contribution in [0.2, 0.25) is 0 Å². The number of methoxy groups -OCH3 is 1. The summed E-state index contributed by atoms with van der Waals surface area (Å²) in [5.41, 5.74) is 2.07. The summed E-state index contributed by atoms with van der Waals surface area (Å²) in [7, 11) is 2.97. The van der Waals surface area contributed by atoms with Crippen LogP contribution in [0, 0.1) is 0 Å². The first-order chi connectivity index (χ1) is 12.9. The Hall–Kier alpha value is -2.58. The molecule has 0 atom stereocenters. The Morgan fingerprint density at radius 2 is 1.44 bits per heavy atom. The molecule has 0 amide bonds. The summed E-state index contributed by atoms with van der Waals surface area (Å²) in [6.45, 7) is 1.16. The Bertz CT molecular complexity index is 861. The van der Waals surface area contributed by atoms with Crippen molar-refractivity contribution in [3.05, 3.63) is 59.7 Å². The predicted octanol–water partition coefficient (Wildman–Crippen LogP) is 1.81. The molecule has 2 N–H and O–H groups in total. The third-order valence-corrected chi connectivity index (χ3v) is 5.83. The minimum atomic E-state index is -3.41. The van der Waals surface area contributed by atoms with Crippen LogP contribution < -0.4 is 15.4 Å². The lowest BCUT2D eigenvalue weighted by Gasteiger charge is -2.14. The Labute approximate surface area is 161 Å². The van der Waals surface area contributed by atoms with Crippen molar-refractivity contribution in [3.63, 3.8) is 0 Å². The van der Waals surface area contributed by atoms with E-state index in [1.807, 2.05) is 24.3 Å². The molecule has 0 bridgehead atoms. The van der Waals surface area contributed by atoms with Crippen molar-refractivity contribution in [1.82, 2.24) is 14.9 Å². The van der Waals surface area contributed by atoms with Crippen LogP contribution in [0.15, 0.2) is 58.4 Å². The van der Waals surface area contributed by atoms with E-state index in [9.17, 15) is 8.42 Å². The summed E-state index contributed by atoms with van der Waals surface area (Å²) in [5, 5.41) is 6.45. The van der Waals surface area contributed by atoms with Gasteiger partial charge in [0.25, 0.3) is 0 Å². The molecule has 0 radical (unpaired) electrons. The average molecular weight is 391 g/mol. The van der Waals surface area contributed by atoms with Gasteiger partial charge in [0.2, 0.25) is 10.0 Å². The van der Waals surface area contributed by atoms with Crippen molar-refractivity contribution >= 4 is 16.0 Å². The number of guanidine groups is 1. The molecule has 2 aromatic rings. The molecule has 0 saturated heterocycles. The van der Waals surface area contributed by atoms with Crippen LogP contribution in [0.3, 0.4) is 0 Å². The van der Waals surface area contributed by atoms with Crippen LogP contribution in [0.25, 0.3) is 0 Å². The fraction of sp³-hybridized carbons (Fsp3) is 0.316. The number of benzene rings is 2. The molecule has 2 rings (SSSR count). The summed E-state index contributed by atoms with van der Waals surface area (Å²) in [6, 6.07) is 14.6. The Balaban J connectivity index is 1.90. The standard InChI is InChI=1S/C19H26N4O3S/c1-20-19(21-13-15-5-9-17(26-4)10-6-15)22-14-16-7-11-18(12-8-16)27(24,25)23(2)3/h5-12H,13-14H2,1-4H3,(H2,20,21,22). The molecule has 0 aliphatic carbocycles. The quantitative estimate of drug-likeness (QED) is 0.557. The molecule has 8 heteroatoms. The smallest absolute Gasteiger partial charge is 0.242 e. The van der Waals surface area contributed by atoms with Crippen LogP contribution >= 0.6 is 0 Å². The molecule has 0 fully saturated rings. The maximum absolute atomic E-state index is 12.1. The molecule has 146 valence electrons.